The van der Waals surface area contributed by atoms with Gasteiger partial charge in [0.2, 0.25) is 0 Å². The zero-order valence-corrected chi connectivity index (χ0v) is 13.9. The second-order valence-electron chi connectivity index (χ2n) is 4.72. The molecule has 0 aromatic heterocycles. The lowest BCUT2D eigenvalue weighted by Gasteiger charge is -2.10. The van der Waals surface area contributed by atoms with Gasteiger partial charge in [-0.1, -0.05) is 28.1 Å². The first-order valence-electron chi connectivity index (χ1n) is 6.73. The summed E-state index contributed by atoms with van der Waals surface area (Å²) < 4.78 is 6.17. The summed E-state index contributed by atoms with van der Waals surface area (Å²) in [6.07, 6.45) is 0. The number of phenolic OH excluding ortho intramolecular Hbond substituents is 1. The summed E-state index contributed by atoms with van der Waals surface area (Å²) in [5, 5.41) is 9.81. The molecular formula is C16H15BrN2O4. The average Bonchev–Trinajstić information content (AvgIpc) is 2.54. The third-order valence-electron chi connectivity index (χ3n) is 2.98. The Morgan fingerprint density at radius 2 is 1.83 bits per heavy atom. The number of carbonyl (C=O) groups is 2. The summed E-state index contributed by atoms with van der Waals surface area (Å²) in [4.78, 5) is 23.6. The predicted octanol–water partition coefficient (Wildman–Crippen LogP) is 2.30. The number of nitrogens with one attached hydrogen (secondary N) is 2. The van der Waals surface area contributed by atoms with Crippen molar-refractivity contribution >= 4 is 27.7 Å². The van der Waals surface area contributed by atoms with E-state index in [9.17, 15) is 14.7 Å². The lowest BCUT2D eigenvalue weighted by molar-refractivity contribution is -0.123. The number of carbonyl (C=O) groups excluding carboxylic acids is 2. The molecule has 7 heteroatoms. The van der Waals surface area contributed by atoms with Crippen LogP contribution in [0.1, 0.15) is 15.9 Å². The molecule has 0 aliphatic carbocycles. The third kappa shape index (κ3) is 4.72. The summed E-state index contributed by atoms with van der Waals surface area (Å²) >= 11 is 3.30. The Morgan fingerprint density at radius 3 is 2.52 bits per heavy atom. The van der Waals surface area contributed by atoms with Gasteiger partial charge < -0.3 is 9.84 Å². The van der Waals surface area contributed by atoms with Gasteiger partial charge in [-0.15, -0.1) is 0 Å². The van der Waals surface area contributed by atoms with Gasteiger partial charge in [0.15, 0.2) is 6.61 Å². The molecule has 0 unspecified atom stereocenters. The van der Waals surface area contributed by atoms with Crippen molar-refractivity contribution in [1.82, 2.24) is 10.9 Å². The van der Waals surface area contributed by atoms with Crippen molar-refractivity contribution in [2.75, 3.05) is 6.61 Å². The molecule has 23 heavy (non-hydrogen) atoms. The molecule has 2 rings (SSSR count). The molecule has 2 amide bonds. The molecular weight excluding hydrogens is 364 g/mol. The maximum Gasteiger partial charge on any atom is 0.276 e. The SMILES string of the molecule is Cc1cccc(C(=O)NNC(=O)COc2ccc(Br)cc2)c1O. The zero-order chi connectivity index (χ0) is 16.8. The Balaban J connectivity index is 1.83. The highest BCUT2D eigenvalue weighted by atomic mass is 79.9. The molecule has 2 aromatic rings. The fraction of sp³-hybridized carbons (Fsp3) is 0.125. The van der Waals surface area contributed by atoms with Crippen molar-refractivity contribution in [2.24, 2.45) is 0 Å². The van der Waals surface area contributed by atoms with Crippen LogP contribution in [0, 0.1) is 6.92 Å². The van der Waals surface area contributed by atoms with Gasteiger partial charge in [-0.05, 0) is 42.8 Å². The van der Waals surface area contributed by atoms with E-state index in [1.165, 1.54) is 6.07 Å². The number of benzene rings is 2. The lowest BCUT2D eigenvalue weighted by Crippen LogP contribution is -2.43. The first kappa shape index (κ1) is 16.8. The highest BCUT2D eigenvalue weighted by Crippen LogP contribution is 2.20. The van der Waals surface area contributed by atoms with Crippen molar-refractivity contribution in [2.45, 2.75) is 6.92 Å². The number of ether oxygens (including phenoxy) is 1. The number of rotatable bonds is 4. The van der Waals surface area contributed by atoms with E-state index in [2.05, 4.69) is 26.8 Å². The van der Waals surface area contributed by atoms with E-state index in [0.29, 0.717) is 11.3 Å². The number of phenols is 1. The van der Waals surface area contributed by atoms with Crippen LogP contribution >= 0.6 is 15.9 Å². The van der Waals surface area contributed by atoms with Gasteiger partial charge in [0.25, 0.3) is 11.8 Å². The number of halogens is 1. The molecule has 120 valence electrons. The fourth-order valence-electron chi connectivity index (χ4n) is 1.75. The molecule has 0 radical (unpaired) electrons. The van der Waals surface area contributed by atoms with Gasteiger partial charge in [-0.2, -0.15) is 0 Å². The molecule has 0 heterocycles. The molecule has 3 N–H and O–H groups in total. The molecule has 0 saturated carbocycles. The van der Waals surface area contributed by atoms with Crippen LogP contribution < -0.4 is 15.6 Å². The Labute approximate surface area is 141 Å². The monoisotopic (exact) mass is 378 g/mol. The molecule has 0 aliphatic rings. The van der Waals surface area contributed by atoms with Crippen molar-refractivity contribution in [3.05, 3.63) is 58.1 Å². The van der Waals surface area contributed by atoms with Crippen molar-refractivity contribution in [3.8, 4) is 11.5 Å². The Bertz CT molecular complexity index is 717. The smallest absolute Gasteiger partial charge is 0.276 e. The predicted molar refractivity (Wildman–Crippen MR) is 88.1 cm³/mol. The molecule has 2 aromatic carbocycles. The molecule has 0 bridgehead atoms. The van der Waals surface area contributed by atoms with Crippen LogP contribution in [0.5, 0.6) is 11.5 Å². The average molecular weight is 379 g/mol. The molecule has 0 atom stereocenters. The summed E-state index contributed by atoms with van der Waals surface area (Å²) in [5.74, 6) is -0.715. The van der Waals surface area contributed by atoms with E-state index < -0.39 is 11.8 Å². The van der Waals surface area contributed by atoms with E-state index in [-0.39, 0.29) is 17.9 Å². The summed E-state index contributed by atoms with van der Waals surface area (Å²) in [6.45, 7) is 1.43. The highest BCUT2D eigenvalue weighted by molar-refractivity contribution is 9.10. The third-order valence-corrected chi connectivity index (χ3v) is 3.51. The minimum absolute atomic E-state index is 0.0825. The molecule has 0 saturated heterocycles. The minimum Gasteiger partial charge on any atom is -0.507 e. The topological polar surface area (TPSA) is 87.7 Å². The molecule has 0 aliphatic heterocycles. The largest absolute Gasteiger partial charge is 0.507 e. The van der Waals surface area contributed by atoms with Crippen LogP contribution in [0.15, 0.2) is 46.9 Å². The Hall–Kier alpha value is -2.54. The molecule has 0 fully saturated rings. The van der Waals surface area contributed by atoms with Gasteiger partial charge in [0.1, 0.15) is 11.5 Å². The van der Waals surface area contributed by atoms with Crippen LogP contribution in [0.25, 0.3) is 0 Å². The van der Waals surface area contributed by atoms with E-state index in [1.807, 2.05) is 0 Å². The maximum atomic E-state index is 11.9. The Morgan fingerprint density at radius 1 is 1.13 bits per heavy atom. The quantitative estimate of drug-likeness (QED) is 0.712. The molecule has 0 spiro atoms. The summed E-state index contributed by atoms with van der Waals surface area (Å²) in [6, 6.07) is 11.8. The zero-order valence-electron chi connectivity index (χ0n) is 12.3. The minimum atomic E-state index is -0.608. The lowest BCUT2D eigenvalue weighted by atomic mass is 10.1. The van der Waals surface area contributed by atoms with Crippen LogP contribution in [-0.4, -0.2) is 23.5 Å². The van der Waals surface area contributed by atoms with Gasteiger partial charge in [-0.3, -0.25) is 20.4 Å². The van der Waals surface area contributed by atoms with E-state index in [4.69, 9.17) is 4.74 Å². The van der Waals surface area contributed by atoms with Crippen LogP contribution in [0.2, 0.25) is 0 Å². The first-order chi connectivity index (χ1) is 11.0. The van der Waals surface area contributed by atoms with Crippen molar-refractivity contribution < 1.29 is 19.4 Å². The van der Waals surface area contributed by atoms with Gasteiger partial charge >= 0.3 is 0 Å². The number of para-hydroxylation sites is 1. The van der Waals surface area contributed by atoms with E-state index in [0.717, 1.165) is 4.47 Å². The number of hydrogen-bond acceptors (Lipinski definition) is 4. The van der Waals surface area contributed by atoms with Crippen LogP contribution in [-0.2, 0) is 4.79 Å². The highest BCUT2D eigenvalue weighted by Gasteiger charge is 2.13. The van der Waals surface area contributed by atoms with Crippen LogP contribution in [0.4, 0.5) is 0 Å². The van der Waals surface area contributed by atoms with Crippen molar-refractivity contribution in [1.29, 1.82) is 0 Å². The van der Waals surface area contributed by atoms with Gasteiger partial charge in [0, 0.05) is 4.47 Å². The van der Waals surface area contributed by atoms with Gasteiger partial charge in [0.05, 0.1) is 5.56 Å². The Kier molecular flexibility index (Phi) is 5.59. The van der Waals surface area contributed by atoms with Gasteiger partial charge in [-0.25, -0.2) is 0 Å². The maximum absolute atomic E-state index is 11.9. The number of aryl methyl sites for hydroxylation is 1. The van der Waals surface area contributed by atoms with Crippen LogP contribution in [0.3, 0.4) is 0 Å². The number of hydrazine groups is 1. The normalized spacial score (nSPS) is 10.0. The van der Waals surface area contributed by atoms with Crippen molar-refractivity contribution in [3.63, 3.8) is 0 Å². The second-order valence-corrected chi connectivity index (χ2v) is 5.63. The number of amides is 2. The number of aromatic hydroxyl groups is 1. The van der Waals surface area contributed by atoms with E-state index >= 15 is 0 Å². The standard InChI is InChI=1S/C16H15BrN2O4/c1-10-3-2-4-13(15(10)21)16(22)19-18-14(20)9-23-12-7-5-11(17)6-8-12/h2-8,21H,9H2,1H3,(H,18,20)(H,19,22). The first-order valence-corrected chi connectivity index (χ1v) is 7.53. The van der Waals surface area contributed by atoms with E-state index in [1.54, 1.807) is 43.3 Å². The second kappa shape index (κ2) is 7.64. The summed E-state index contributed by atoms with van der Waals surface area (Å²) in [7, 11) is 0. The summed E-state index contributed by atoms with van der Waals surface area (Å²) in [5.41, 5.74) is 5.11. The fourth-order valence-corrected chi connectivity index (χ4v) is 2.02. The number of hydrogen-bond donors (Lipinski definition) is 3. The molecule has 6 nitrogen and oxygen atoms in total.